The smallest absolute Gasteiger partial charge is 0.238 e. The normalized spacial score (nSPS) is 10.8. The van der Waals surface area contributed by atoms with Crippen LogP contribution in [0.1, 0.15) is 16.7 Å². The molecule has 198 valence electrons. The molecular formula is C33H25BrN2O4. The maximum absolute atomic E-state index is 10.2. The van der Waals surface area contributed by atoms with Gasteiger partial charge in [-0.1, -0.05) is 52.3 Å². The van der Waals surface area contributed by atoms with E-state index in [1.807, 2.05) is 97.1 Å². The zero-order valence-electron chi connectivity index (χ0n) is 21.9. The van der Waals surface area contributed by atoms with E-state index in [0.717, 1.165) is 38.2 Å². The second-order valence-electron chi connectivity index (χ2n) is 8.80. The number of benzene rings is 4. The van der Waals surface area contributed by atoms with Crippen molar-refractivity contribution in [3.05, 3.63) is 118 Å². The Morgan fingerprint density at radius 2 is 1.48 bits per heavy atom. The van der Waals surface area contributed by atoms with Crippen molar-refractivity contribution in [2.24, 2.45) is 4.99 Å². The zero-order chi connectivity index (χ0) is 27.9. The van der Waals surface area contributed by atoms with Crippen LogP contribution in [0.4, 0.5) is 5.88 Å². The molecule has 0 radical (unpaired) electrons. The molecule has 0 saturated heterocycles. The molecule has 0 N–H and O–H groups in total. The van der Waals surface area contributed by atoms with Crippen molar-refractivity contribution in [1.82, 2.24) is 0 Å². The summed E-state index contributed by atoms with van der Waals surface area (Å²) >= 11 is 3.45. The van der Waals surface area contributed by atoms with Gasteiger partial charge in [-0.3, -0.25) is 0 Å². The maximum atomic E-state index is 10.2. The molecule has 0 amide bonds. The van der Waals surface area contributed by atoms with Gasteiger partial charge in [0.25, 0.3) is 0 Å². The molecule has 0 aliphatic rings. The summed E-state index contributed by atoms with van der Waals surface area (Å²) in [6, 6.07) is 32.9. The lowest BCUT2D eigenvalue weighted by Crippen LogP contribution is -1.95. The Morgan fingerprint density at radius 3 is 2.10 bits per heavy atom. The first-order chi connectivity index (χ1) is 19.6. The first-order valence-electron chi connectivity index (χ1n) is 12.4. The van der Waals surface area contributed by atoms with Gasteiger partial charge in [0.05, 0.1) is 14.2 Å². The van der Waals surface area contributed by atoms with Gasteiger partial charge in [0.15, 0.2) is 0 Å². The number of hydrogen-bond acceptors (Lipinski definition) is 6. The number of aliphatic imine (C=N–C) groups is 1. The highest BCUT2D eigenvalue weighted by Gasteiger charge is 2.23. The van der Waals surface area contributed by atoms with E-state index in [1.165, 1.54) is 0 Å². The average molecular weight is 593 g/mol. The first kappa shape index (κ1) is 26.8. The SMILES string of the molecule is COc1ccc(-c2oc(N=Cc3cccc(OCc4ccc(Br)cc4)c3)c(C#N)c2-c2ccc(OC)cc2)cc1. The molecule has 5 aromatic rings. The summed E-state index contributed by atoms with van der Waals surface area (Å²) in [5.74, 6) is 2.92. The highest BCUT2D eigenvalue weighted by molar-refractivity contribution is 9.10. The molecule has 1 heterocycles. The van der Waals surface area contributed by atoms with Gasteiger partial charge in [-0.2, -0.15) is 5.26 Å². The predicted molar refractivity (Wildman–Crippen MR) is 160 cm³/mol. The summed E-state index contributed by atoms with van der Waals surface area (Å²) in [5.41, 5.74) is 4.49. The largest absolute Gasteiger partial charge is 0.497 e. The highest BCUT2D eigenvalue weighted by atomic mass is 79.9. The van der Waals surface area contributed by atoms with Crippen molar-refractivity contribution in [2.45, 2.75) is 6.61 Å². The van der Waals surface area contributed by atoms with Crippen molar-refractivity contribution in [1.29, 1.82) is 5.26 Å². The van der Waals surface area contributed by atoms with E-state index in [-0.39, 0.29) is 5.88 Å². The van der Waals surface area contributed by atoms with Crippen molar-refractivity contribution in [3.63, 3.8) is 0 Å². The van der Waals surface area contributed by atoms with Gasteiger partial charge in [-0.05, 0) is 77.4 Å². The van der Waals surface area contributed by atoms with Crippen molar-refractivity contribution in [3.8, 4) is 45.8 Å². The molecule has 7 heteroatoms. The van der Waals surface area contributed by atoms with Gasteiger partial charge in [-0.15, -0.1) is 0 Å². The fourth-order valence-corrected chi connectivity index (χ4v) is 4.42. The fraction of sp³-hybridized carbons (Fsp3) is 0.0909. The number of rotatable bonds is 9. The molecule has 0 saturated carbocycles. The summed E-state index contributed by atoms with van der Waals surface area (Å²) < 4.78 is 23.9. The van der Waals surface area contributed by atoms with Gasteiger partial charge in [0.1, 0.15) is 41.2 Å². The van der Waals surface area contributed by atoms with Crippen LogP contribution in [0.3, 0.4) is 0 Å². The van der Waals surface area contributed by atoms with Gasteiger partial charge >= 0.3 is 0 Å². The third-order valence-electron chi connectivity index (χ3n) is 6.24. The maximum Gasteiger partial charge on any atom is 0.238 e. The summed E-state index contributed by atoms with van der Waals surface area (Å²) in [5, 5.41) is 10.2. The molecule has 1 aromatic heterocycles. The Morgan fingerprint density at radius 1 is 0.825 bits per heavy atom. The van der Waals surface area contributed by atoms with Crippen LogP contribution in [-0.4, -0.2) is 20.4 Å². The summed E-state index contributed by atoms with van der Waals surface area (Å²) in [7, 11) is 3.23. The predicted octanol–water partition coefficient (Wildman–Crippen LogP) is 8.59. The minimum absolute atomic E-state index is 0.223. The Bertz CT molecular complexity index is 1670. The van der Waals surface area contributed by atoms with Gasteiger partial charge in [0.2, 0.25) is 5.88 Å². The zero-order valence-corrected chi connectivity index (χ0v) is 23.5. The number of ether oxygens (including phenoxy) is 3. The quantitative estimate of drug-likeness (QED) is 0.160. The molecule has 4 aromatic carbocycles. The second kappa shape index (κ2) is 12.4. The third-order valence-corrected chi connectivity index (χ3v) is 6.77. The van der Waals surface area contributed by atoms with Crippen molar-refractivity contribution in [2.75, 3.05) is 14.2 Å². The molecule has 0 aliphatic heterocycles. The minimum atomic E-state index is 0.223. The molecular weight excluding hydrogens is 568 g/mol. The number of hydrogen-bond donors (Lipinski definition) is 0. The summed E-state index contributed by atoms with van der Waals surface area (Å²) in [4.78, 5) is 4.59. The fourth-order valence-electron chi connectivity index (χ4n) is 4.16. The Hall–Kier alpha value is -4.80. The van der Waals surface area contributed by atoms with E-state index in [9.17, 15) is 5.26 Å². The van der Waals surface area contributed by atoms with E-state index in [2.05, 4.69) is 27.0 Å². The van der Waals surface area contributed by atoms with Crippen LogP contribution in [-0.2, 0) is 6.61 Å². The molecule has 0 bridgehead atoms. The first-order valence-corrected chi connectivity index (χ1v) is 13.2. The molecule has 0 spiro atoms. The lowest BCUT2D eigenvalue weighted by Gasteiger charge is -2.07. The standard InChI is InChI=1S/C33H25BrN2O4/c1-37-27-14-8-24(9-15-27)31-30(19-35)33(40-32(31)25-10-16-28(38-2)17-11-25)36-20-23-4-3-5-29(18-23)39-21-22-6-12-26(34)13-7-22/h3-18,20H,21H2,1-2H3. The monoisotopic (exact) mass is 592 g/mol. The van der Waals surface area contributed by atoms with Gasteiger partial charge in [-0.25, -0.2) is 4.99 Å². The lowest BCUT2D eigenvalue weighted by atomic mass is 9.98. The summed E-state index contributed by atoms with van der Waals surface area (Å²) in [6.07, 6.45) is 1.67. The summed E-state index contributed by atoms with van der Waals surface area (Å²) in [6.45, 7) is 0.446. The van der Waals surface area contributed by atoms with E-state index in [0.29, 0.717) is 29.2 Å². The molecule has 0 aliphatic carbocycles. The molecule has 0 unspecified atom stereocenters. The van der Waals surface area contributed by atoms with Crippen LogP contribution in [0.25, 0.3) is 22.5 Å². The average Bonchev–Trinajstić information content (AvgIpc) is 3.38. The van der Waals surface area contributed by atoms with Crippen LogP contribution in [0.15, 0.2) is 111 Å². The van der Waals surface area contributed by atoms with Crippen molar-refractivity contribution < 1.29 is 18.6 Å². The molecule has 40 heavy (non-hydrogen) atoms. The number of halogens is 1. The van der Waals surface area contributed by atoms with Gasteiger partial charge < -0.3 is 18.6 Å². The topological polar surface area (TPSA) is 77.0 Å². The number of nitriles is 1. The number of nitrogens with zero attached hydrogens (tertiary/aromatic N) is 2. The third kappa shape index (κ3) is 6.09. The number of methoxy groups -OCH3 is 2. The van der Waals surface area contributed by atoms with Crippen LogP contribution in [0.5, 0.6) is 17.2 Å². The van der Waals surface area contributed by atoms with Crippen LogP contribution >= 0.6 is 15.9 Å². The second-order valence-corrected chi connectivity index (χ2v) is 9.72. The van der Waals surface area contributed by atoms with Crippen LogP contribution in [0.2, 0.25) is 0 Å². The molecule has 6 nitrogen and oxygen atoms in total. The molecule has 0 fully saturated rings. The van der Waals surface area contributed by atoms with Crippen molar-refractivity contribution >= 4 is 28.0 Å². The van der Waals surface area contributed by atoms with E-state index in [4.69, 9.17) is 18.6 Å². The Balaban J connectivity index is 1.48. The molecule has 5 rings (SSSR count). The van der Waals surface area contributed by atoms with E-state index in [1.54, 1.807) is 20.4 Å². The van der Waals surface area contributed by atoms with Crippen LogP contribution in [0, 0.1) is 11.3 Å². The van der Waals surface area contributed by atoms with Gasteiger partial charge in [0, 0.05) is 21.8 Å². The van der Waals surface area contributed by atoms with E-state index < -0.39 is 0 Å². The Kier molecular flexibility index (Phi) is 8.29. The highest BCUT2D eigenvalue weighted by Crippen LogP contribution is 2.43. The van der Waals surface area contributed by atoms with Crippen LogP contribution < -0.4 is 14.2 Å². The minimum Gasteiger partial charge on any atom is -0.497 e. The number of furan rings is 1. The van der Waals surface area contributed by atoms with E-state index >= 15 is 0 Å². The Labute approximate surface area is 241 Å². The molecule has 0 atom stereocenters. The lowest BCUT2D eigenvalue weighted by molar-refractivity contribution is 0.306.